The lowest BCUT2D eigenvalue weighted by molar-refractivity contribution is -0.207. The van der Waals surface area contributed by atoms with Crippen molar-refractivity contribution < 1.29 is 33.3 Å². The maximum absolute atomic E-state index is 13.4. The molecule has 0 aliphatic heterocycles. The first kappa shape index (κ1) is 18.2. The first-order valence-electron chi connectivity index (χ1n) is 6.35. The predicted octanol–water partition coefficient (Wildman–Crippen LogP) is 0.0889. The number of halogens is 3. The van der Waals surface area contributed by atoms with Crippen molar-refractivity contribution in [1.82, 2.24) is 10.6 Å². The maximum atomic E-state index is 13.4. The van der Waals surface area contributed by atoms with E-state index in [1.807, 2.05) is 5.32 Å². The van der Waals surface area contributed by atoms with Gasteiger partial charge in [-0.2, -0.15) is 13.2 Å². The molecule has 1 aromatic rings. The van der Waals surface area contributed by atoms with E-state index in [0.717, 1.165) is 12.1 Å². The molecule has 0 radical (unpaired) electrons. The number of benzene rings is 1. The molecule has 0 spiro atoms. The van der Waals surface area contributed by atoms with Gasteiger partial charge in [-0.25, -0.2) is 4.79 Å². The number of nitrogens with one attached hydrogen (secondary N) is 2. The van der Waals surface area contributed by atoms with E-state index in [1.165, 1.54) is 18.2 Å². The number of aliphatic hydroxyl groups is 3. The summed E-state index contributed by atoms with van der Waals surface area (Å²) < 4.78 is 40.2. The summed E-state index contributed by atoms with van der Waals surface area (Å²) in [5.41, 5.74) is -3.30. The molecule has 1 aromatic carbocycles. The highest BCUT2D eigenvalue weighted by Gasteiger charge is 2.57. The first-order valence-corrected chi connectivity index (χ1v) is 6.35. The van der Waals surface area contributed by atoms with Gasteiger partial charge in [0.05, 0.1) is 19.3 Å². The second-order valence-corrected chi connectivity index (χ2v) is 4.60. The van der Waals surface area contributed by atoms with Crippen LogP contribution >= 0.6 is 0 Å². The van der Waals surface area contributed by atoms with Crippen LogP contribution in [0.4, 0.5) is 18.0 Å². The fraction of sp³-hybridized carbons (Fsp3) is 0.462. The summed E-state index contributed by atoms with van der Waals surface area (Å²) in [7, 11) is 0. The molecule has 0 heterocycles. The van der Waals surface area contributed by atoms with Crippen LogP contribution in [0.2, 0.25) is 0 Å². The fourth-order valence-corrected chi connectivity index (χ4v) is 1.76. The van der Waals surface area contributed by atoms with E-state index in [0.29, 0.717) is 0 Å². The topological polar surface area (TPSA) is 102 Å². The quantitative estimate of drug-likeness (QED) is 0.512. The summed E-state index contributed by atoms with van der Waals surface area (Å²) >= 11 is 0. The molecule has 0 bridgehead atoms. The number of rotatable bonds is 6. The van der Waals surface area contributed by atoms with Crippen molar-refractivity contribution in [3.63, 3.8) is 0 Å². The third-order valence-electron chi connectivity index (χ3n) is 3.02. The summed E-state index contributed by atoms with van der Waals surface area (Å²) in [6, 6.07) is 5.22. The van der Waals surface area contributed by atoms with E-state index in [-0.39, 0.29) is 5.56 Å². The van der Waals surface area contributed by atoms with E-state index in [9.17, 15) is 23.1 Å². The molecule has 5 N–H and O–H groups in total. The second kappa shape index (κ2) is 7.43. The van der Waals surface area contributed by atoms with E-state index in [4.69, 9.17) is 10.2 Å². The van der Waals surface area contributed by atoms with Crippen molar-refractivity contribution in [1.29, 1.82) is 0 Å². The highest BCUT2D eigenvalue weighted by molar-refractivity contribution is 5.75. The number of carbonyl (C=O) groups is 1. The van der Waals surface area contributed by atoms with E-state index in [1.54, 1.807) is 5.32 Å². The smallest absolute Gasteiger partial charge is 0.394 e. The molecule has 124 valence electrons. The van der Waals surface area contributed by atoms with Gasteiger partial charge >= 0.3 is 12.2 Å². The molecular weight excluding hydrogens is 305 g/mol. The lowest BCUT2D eigenvalue weighted by atomic mass is 9.90. The monoisotopic (exact) mass is 322 g/mol. The Hall–Kier alpha value is -1.84. The third kappa shape index (κ3) is 4.09. The van der Waals surface area contributed by atoms with Gasteiger partial charge in [-0.3, -0.25) is 0 Å². The average molecular weight is 322 g/mol. The zero-order valence-electron chi connectivity index (χ0n) is 11.5. The molecule has 0 fully saturated rings. The Morgan fingerprint density at radius 2 is 1.77 bits per heavy atom. The van der Waals surface area contributed by atoms with Crippen molar-refractivity contribution in [3.05, 3.63) is 35.9 Å². The number of aliphatic hydroxyl groups excluding tert-OH is 3. The summed E-state index contributed by atoms with van der Waals surface area (Å²) in [4.78, 5) is 11.6. The molecule has 0 aliphatic carbocycles. The van der Waals surface area contributed by atoms with Crippen molar-refractivity contribution in [2.45, 2.75) is 17.8 Å². The molecule has 1 rings (SSSR count). The van der Waals surface area contributed by atoms with Crippen LogP contribution in [-0.2, 0) is 5.54 Å². The van der Waals surface area contributed by atoms with Gasteiger partial charge in [0.1, 0.15) is 0 Å². The maximum Gasteiger partial charge on any atom is 0.418 e. The van der Waals surface area contributed by atoms with Crippen LogP contribution in [0.5, 0.6) is 0 Å². The molecule has 2 amide bonds. The zero-order chi connectivity index (χ0) is 16.8. The molecule has 0 saturated heterocycles. The predicted molar refractivity (Wildman–Crippen MR) is 70.9 cm³/mol. The minimum Gasteiger partial charge on any atom is -0.394 e. The van der Waals surface area contributed by atoms with Crippen molar-refractivity contribution >= 4 is 6.03 Å². The Bertz CT molecular complexity index is 484. The largest absolute Gasteiger partial charge is 0.418 e. The van der Waals surface area contributed by atoms with Crippen LogP contribution in [0.3, 0.4) is 0 Å². The second-order valence-electron chi connectivity index (χ2n) is 4.60. The van der Waals surface area contributed by atoms with Crippen LogP contribution in [0.1, 0.15) is 5.56 Å². The molecule has 2 unspecified atom stereocenters. The summed E-state index contributed by atoms with van der Waals surface area (Å²) in [6.45, 7) is -2.48. The van der Waals surface area contributed by atoms with Crippen LogP contribution in [0, 0.1) is 0 Å². The van der Waals surface area contributed by atoms with Gasteiger partial charge in [-0.15, -0.1) is 0 Å². The van der Waals surface area contributed by atoms with Crippen LogP contribution in [0.25, 0.3) is 0 Å². The minimum absolute atomic E-state index is 0.331. The van der Waals surface area contributed by atoms with Crippen LogP contribution in [-0.4, -0.2) is 53.4 Å². The summed E-state index contributed by atoms with van der Waals surface area (Å²) in [5, 5.41) is 30.6. The molecule has 0 saturated carbocycles. The Labute approximate surface area is 124 Å². The highest BCUT2D eigenvalue weighted by atomic mass is 19.4. The molecule has 0 aromatic heterocycles. The van der Waals surface area contributed by atoms with Crippen molar-refractivity contribution in [3.8, 4) is 0 Å². The number of hydrogen-bond donors (Lipinski definition) is 5. The van der Waals surface area contributed by atoms with Gasteiger partial charge in [-0.05, 0) is 5.56 Å². The zero-order valence-corrected chi connectivity index (χ0v) is 11.5. The first-order chi connectivity index (χ1) is 10.3. The molecule has 0 aliphatic rings. The fourth-order valence-electron chi connectivity index (χ4n) is 1.76. The van der Waals surface area contributed by atoms with Crippen LogP contribution < -0.4 is 10.6 Å². The number of amides is 2. The highest BCUT2D eigenvalue weighted by Crippen LogP contribution is 2.38. The normalized spacial score (nSPS) is 15.7. The van der Waals surface area contributed by atoms with Crippen molar-refractivity contribution in [2.24, 2.45) is 0 Å². The number of hydrogen-bond acceptors (Lipinski definition) is 4. The van der Waals surface area contributed by atoms with Gasteiger partial charge in [0.25, 0.3) is 0 Å². The minimum atomic E-state index is -4.95. The number of carbonyl (C=O) groups excluding carboxylic acids is 1. The van der Waals surface area contributed by atoms with E-state index < -0.39 is 43.6 Å². The number of alkyl halides is 3. The Balaban J connectivity index is 3.00. The standard InChI is InChI=1S/C13H17F3N2O4/c14-13(15,16)12(8-20,9-4-2-1-3-5-9)18-11(22)17-6-10(21)7-19/h1-5,10,19-21H,6-8H2,(H2,17,18,22). The van der Waals surface area contributed by atoms with Crippen LogP contribution in [0.15, 0.2) is 30.3 Å². The Kier molecular flexibility index (Phi) is 6.15. The number of urea groups is 1. The van der Waals surface area contributed by atoms with Gasteiger partial charge < -0.3 is 26.0 Å². The average Bonchev–Trinajstić information content (AvgIpc) is 2.49. The molecular formula is C13H17F3N2O4. The summed E-state index contributed by atoms with van der Waals surface area (Å²) in [5.74, 6) is 0. The molecule has 22 heavy (non-hydrogen) atoms. The SMILES string of the molecule is O=C(NCC(O)CO)NC(CO)(c1ccccc1)C(F)(F)F. The lowest BCUT2D eigenvalue weighted by Gasteiger charge is -2.35. The molecule has 6 nitrogen and oxygen atoms in total. The van der Waals surface area contributed by atoms with Gasteiger partial charge in [0, 0.05) is 6.54 Å². The van der Waals surface area contributed by atoms with Gasteiger partial charge in [0.15, 0.2) is 5.54 Å². The third-order valence-corrected chi connectivity index (χ3v) is 3.02. The van der Waals surface area contributed by atoms with E-state index >= 15 is 0 Å². The molecule has 9 heteroatoms. The Morgan fingerprint density at radius 1 is 1.18 bits per heavy atom. The lowest BCUT2D eigenvalue weighted by Crippen LogP contribution is -2.61. The van der Waals surface area contributed by atoms with Gasteiger partial charge in [0.2, 0.25) is 0 Å². The van der Waals surface area contributed by atoms with Gasteiger partial charge in [-0.1, -0.05) is 30.3 Å². The Morgan fingerprint density at radius 3 is 2.23 bits per heavy atom. The van der Waals surface area contributed by atoms with E-state index in [2.05, 4.69) is 0 Å². The summed E-state index contributed by atoms with van der Waals surface area (Å²) in [6.07, 6.45) is -6.24. The van der Waals surface area contributed by atoms with Crippen molar-refractivity contribution in [2.75, 3.05) is 19.8 Å². The molecule has 2 atom stereocenters.